The first-order valence-corrected chi connectivity index (χ1v) is 10.1. The van der Waals surface area contributed by atoms with Crippen LogP contribution in [0.25, 0.3) is 0 Å². The lowest BCUT2D eigenvalue weighted by Crippen LogP contribution is -2.57. The molecule has 1 aromatic heterocycles. The summed E-state index contributed by atoms with van der Waals surface area (Å²) in [5, 5.41) is 2.45. The van der Waals surface area contributed by atoms with E-state index >= 15 is 0 Å². The number of H-pyrrole nitrogens is 1. The second-order valence-electron chi connectivity index (χ2n) is 7.72. The number of urea groups is 1. The number of aromatic nitrogens is 1. The molecule has 0 aliphatic carbocycles. The van der Waals surface area contributed by atoms with Crippen molar-refractivity contribution in [2.75, 3.05) is 13.1 Å². The fourth-order valence-electron chi connectivity index (χ4n) is 4.33. The number of piperidine rings is 1. The van der Waals surface area contributed by atoms with Crippen molar-refractivity contribution in [3.63, 3.8) is 0 Å². The van der Waals surface area contributed by atoms with E-state index in [0.717, 1.165) is 5.56 Å². The summed E-state index contributed by atoms with van der Waals surface area (Å²) in [5.41, 5.74) is 0.843. The van der Waals surface area contributed by atoms with Crippen molar-refractivity contribution in [2.24, 2.45) is 0 Å². The summed E-state index contributed by atoms with van der Waals surface area (Å²) in [5.74, 6) is -0.467. The highest BCUT2D eigenvalue weighted by Gasteiger charge is 2.54. The quantitative estimate of drug-likeness (QED) is 0.751. The van der Waals surface area contributed by atoms with Crippen molar-refractivity contribution in [2.45, 2.75) is 38.3 Å². The predicted molar refractivity (Wildman–Crippen MR) is 110 cm³/mol. The molecular weight excluding hydrogens is 384 g/mol. The van der Waals surface area contributed by atoms with E-state index in [4.69, 9.17) is 0 Å². The third kappa shape index (κ3) is 3.38. The van der Waals surface area contributed by atoms with Gasteiger partial charge in [-0.15, -0.1) is 0 Å². The number of imide groups is 1. The first-order chi connectivity index (χ1) is 14.4. The molecule has 0 saturated carbocycles. The zero-order valence-corrected chi connectivity index (χ0v) is 16.8. The molecule has 0 atom stereocenters. The minimum absolute atomic E-state index is 0.169. The Labute approximate surface area is 173 Å². The maximum atomic E-state index is 13.0. The molecule has 2 aliphatic heterocycles. The molecule has 8 nitrogen and oxygen atoms in total. The lowest BCUT2D eigenvalue weighted by molar-refractivity contribution is -0.129. The van der Waals surface area contributed by atoms with Crippen molar-refractivity contribution in [3.8, 4) is 0 Å². The molecule has 1 aromatic carbocycles. The van der Waals surface area contributed by atoms with Crippen LogP contribution in [0, 0.1) is 0 Å². The minimum atomic E-state index is -0.942. The second kappa shape index (κ2) is 7.78. The standard InChI is InChI=1S/C22H24N4O4/c1-2-17-16(8-9-18(27)23-17)19(28)25-12-10-22(11-13-25)20(29)24-21(30)26(22)14-15-6-4-3-5-7-15/h3-9H,2,10-14H2,1H3,(H,23,27)(H,24,29,30). The predicted octanol–water partition coefficient (Wildman–Crippen LogP) is 1.66. The largest absolute Gasteiger partial charge is 0.338 e. The topological polar surface area (TPSA) is 103 Å². The average Bonchev–Trinajstić information content (AvgIpc) is 2.98. The molecule has 156 valence electrons. The van der Waals surface area contributed by atoms with Gasteiger partial charge in [0, 0.05) is 31.4 Å². The summed E-state index contributed by atoms with van der Waals surface area (Å²) in [6.07, 6.45) is 1.28. The fourth-order valence-corrected chi connectivity index (χ4v) is 4.33. The summed E-state index contributed by atoms with van der Waals surface area (Å²) in [6, 6.07) is 12.1. The zero-order chi connectivity index (χ0) is 21.3. The summed E-state index contributed by atoms with van der Waals surface area (Å²) in [7, 11) is 0. The Morgan fingerprint density at radius 3 is 2.40 bits per heavy atom. The number of nitrogens with zero attached hydrogens (tertiary/aromatic N) is 2. The van der Waals surface area contributed by atoms with E-state index in [0.29, 0.717) is 50.2 Å². The summed E-state index contributed by atoms with van der Waals surface area (Å²) in [4.78, 5) is 55.8. The van der Waals surface area contributed by atoms with Crippen LogP contribution >= 0.6 is 0 Å². The summed E-state index contributed by atoms with van der Waals surface area (Å²) < 4.78 is 0. The average molecular weight is 408 g/mol. The van der Waals surface area contributed by atoms with Gasteiger partial charge in [-0.2, -0.15) is 0 Å². The number of aromatic amines is 1. The number of nitrogens with one attached hydrogen (secondary N) is 2. The van der Waals surface area contributed by atoms with E-state index < -0.39 is 11.6 Å². The number of aryl methyl sites for hydroxylation is 1. The van der Waals surface area contributed by atoms with Gasteiger partial charge in [-0.3, -0.25) is 19.7 Å². The Kier molecular flexibility index (Phi) is 5.15. The smallest absolute Gasteiger partial charge is 0.325 e. The number of rotatable bonds is 4. The molecular formula is C22H24N4O4. The van der Waals surface area contributed by atoms with Crippen LogP contribution in [0.15, 0.2) is 47.3 Å². The van der Waals surface area contributed by atoms with Crippen molar-refractivity contribution in [3.05, 3.63) is 69.6 Å². The minimum Gasteiger partial charge on any atom is -0.338 e. The fraction of sp³-hybridized carbons (Fsp3) is 0.364. The van der Waals surface area contributed by atoms with Crippen molar-refractivity contribution >= 4 is 17.8 Å². The number of likely N-dealkylation sites (tertiary alicyclic amines) is 1. The first kappa shape index (κ1) is 19.9. The van der Waals surface area contributed by atoms with Gasteiger partial charge < -0.3 is 14.8 Å². The Bertz CT molecular complexity index is 1040. The van der Waals surface area contributed by atoms with Crippen LogP contribution in [0.1, 0.15) is 41.4 Å². The van der Waals surface area contributed by atoms with Crippen LogP contribution in [-0.4, -0.2) is 51.3 Å². The van der Waals surface area contributed by atoms with Gasteiger partial charge in [0.25, 0.3) is 11.8 Å². The van der Waals surface area contributed by atoms with Crippen LogP contribution in [0.4, 0.5) is 4.79 Å². The van der Waals surface area contributed by atoms with E-state index in [1.54, 1.807) is 15.9 Å². The normalized spacial score (nSPS) is 18.0. The van der Waals surface area contributed by atoms with Crippen molar-refractivity contribution < 1.29 is 14.4 Å². The highest BCUT2D eigenvalue weighted by atomic mass is 16.2. The molecule has 30 heavy (non-hydrogen) atoms. The first-order valence-electron chi connectivity index (χ1n) is 10.1. The number of benzene rings is 1. The Morgan fingerprint density at radius 2 is 1.73 bits per heavy atom. The Morgan fingerprint density at radius 1 is 1.03 bits per heavy atom. The molecule has 0 radical (unpaired) electrons. The number of hydrogen-bond acceptors (Lipinski definition) is 4. The Balaban J connectivity index is 1.53. The summed E-state index contributed by atoms with van der Waals surface area (Å²) >= 11 is 0. The lowest BCUT2D eigenvalue weighted by Gasteiger charge is -2.42. The maximum absolute atomic E-state index is 13.0. The maximum Gasteiger partial charge on any atom is 0.325 e. The molecule has 1 spiro atoms. The summed E-state index contributed by atoms with van der Waals surface area (Å²) in [6.45, 7) is 2.93. The van der Waals surface area contributed by atoms with Crippen LogP contribution in [0.3, 0.4) is 0 Å². The number of carbonyl (C=O) groups excluding carboxylic acids is 3. The molecule has 4 amide bonds. The molecule has 3 heterocycles. The third-order valence-corrected chi connectivity index (χ3v) is 6.05. The SMILES string of the molecule is CCc1[nH]c(=O)ccc1C(=O)N1CCC2(CC1)C(=O)NC(=O)N2Cc1ccccc1. The van der Waals surface area contributed by atoms with E-state index in [1.807, 2.05) is 37.3 Å². The monoisotopic (exact) mass is 408 g/mol. The lowest BCUT2D eigenvalue weighted by atomic mass is 9.85. The molecule has 2 fully saturated rings. The van der Waals surface area contributed by atoms with Gasteiger partial charge in [-0.25, -0.2) is 4.79 Å². The molecule has 4 rings (SSSR count). The number of hydrogen-bond donors (Lipinski definition) is 2. The van der Waals surface area contributed by atoms with Gasteiger partial charge in [0.15, 0.2) is 0 Å². The van der Waals surface area contributed by atoms with E-state index in [-0.39, 0.29) is 17.4 Å². The van der Waals surface area contributed by atoms with Gasteiger partial charge in [-0.05, 0) is 30.9 Å². The molecule has 0 bridgehead atoms. The molecule has 2 saturated heterocycles. The molecule has 0 unspecified atom stereocenters. The van der Waals surface area contributed by atoms with Crippen molar-refractivity contribution in [1.29, 1.82) is 0 Å². The van der Waals surface area contributed by atoms with Gasteiger partial charge in [0.1, 0.15) is 5.54 Å². The van der Waals surface area contributed by atoms with Crippen LogP contribution < -0.4 is 10.9 Å². The van der Waals surface area contributed by atoms with Gasteiger partial charge in [0.2, 0.25) is 5.56 Å². The Hall–Kier alpha value is -3.42. The third-order valence-electron chi connectivity index (χ3n) is 6.05. The van der Waals surface area contributed by atoms with E-state index in [2.05, 4.69) is 10.3 Å². The van der Waals surface area contributed by atoms with Crippen LogP contribution in [0.5, 0.6) is 0 Å². The molecule has 8 heteroatoms. The van der Waals surface area contributed by atoms with Crippen molar-refractivity contribution in [1.82, 2.24) is 20.1 Å². The van der Waals surface area contributed by atoms with E-state index in [9.17, 15) is 19.2 Å². The van der Waals surface area contributed by atoms with Gasteiger partial charge in [-0.1, -0.05) is 37.3 Å². The van der Waals surface area contributed by atoms with E-state index in [1.165, 1.54) is 6.07 Å². The number of pyridine rings is 1. The molecule has 2 N–H and O–H groups in total. The highest BCUT2D eigenvalue weighted by molar-refractivity contribution is 6.07. The van der Waals surface area contributed by atoms with Gasteiger partial charge >= 0.3 is 6.03 Å². The number of carbonyl (C=O) groups is 3. The zero-order valence-electron chi connectivity index (χ0n) is 16.8. The molecule has 2 aliphatic rings. The molecule has 2 aromatic rings. The van der Waals surface area contributed by atoms with Crippen LogP contribution in [0.2, 0.25) is 0 Å². The van der Waals surface area contributed by atoms with Crippen LogP contribution in [-0.2, 0) is 17.8 Å². The highest BCUT2D eigenvalue weighted by Crippen LogP contribution is 2.35. The second-order valence-corrected chi connectivity index (χ2v) is 7.72. The van der Waals surface area contributed by atoms with Gasteiger partial charge in [0.05, 0.1) is 5.56 Å². The number of amides is 4.